The van der Waals surface area contributed by atoms with E-state index in [9.17, 15) is 14.4 Å². The summed E-state index contributed by atoms with van der Waals surface area (Å²) < 4.78 is 31.3. The van der Waals surface area contributed by atoms with Crippen LogP contribution < -0.4 is 4.90 Å². The van der Waals surface area contributed by atoms with Gasteiger partial charge in [0.25, 0.3) is 0 Å². The number of nitrogens with zero attached hydrogens (tertiary/aromatic N) is 8. The van der Waals surface area contributed by atoms with Gasteiger partial charge in [-0.05, 0) is 64.1 Å². The zero-order chi connectivity index (χ0) is 32.0. The number of pyridine rings is 1. The fourth-order valence-electron chi connectivity index (χ4n) is 6.59. The highest BCUT2D eigenvalue weighted by Gasteiger charge is 2.36. The smallest absolute Gasteiger partial charge is 0.246 e. The van der Waals surface area contributed by atoms with E-state index in [4.69, 9.17) is 16.6 Å². The van der Waals surface area contributed by atoms with Gasteiger partial charge in [0.05, 0.1) is 23.6 Å². The number of rotatable bonds is 7. The van der Waals surface area contributed by atoms with E-state index in [1.54, 1.807) is 4.90 Å². The van der Waals surface area contributed by atoms with Crippen LogP contribution in [0.2, 0.25) is 5.02 Å². The number of carbonyl (C=O) groups is 1. The molecule has 2 fully saturated rings. The third kappa shape index (κ3) is 5.40. The first-order valence-electron chi connectivity index (χ1n) is 15.1. The maximum atomic E-state index is 16.8. The number of allylic oxidation sites excluding steroid dienone is 1. The number of fused-ring (bicyclic) bond motifs is 3. The molecule has 2 aromatic carbocycles. The quantitative estimate of drug-likeness (QED) is 0.239. The number of carbonyl (C=O) groups excluding carboxylic acids is 1. The van der Waals surface area contributed by atoms with Crippen LogP contribution in [0.4, 0.5) is 14.6 Å². The third-order valence-corrected chi connectivity index (χ3v) is 9.67. The number of likely N-dealkylation sites (tertiary alicyclic amines) is 1. The molecule has 0 saturated carbocycles. The lowest BCUT2D eigenvalue weighted by atomic mass is 9.94. The zero-order valence-corrected chi connectivity index (χ0v) is 26.5. The molecule has 1 amide bonds. The van der Waals surface area contributed by atoms with Crippen molar-refractivity contribution >= 4 is 45.3 Å². The van der Waals surface area contributed by atoms with E-state index in [2.05, 4.69) is 26.2 Å². The molecule has 0 radical (unpaired) electrons. The Morgan fingerprint density at radius 1 is 1.22 bits per heavy atom. The zero-order valence-electron chi connectivity index (χ0n) is 25.8. The standard InChI is InChI=1S/C33H35ClF2N8O/c1-19-7-5-8-24(28(19)34)27-20(2)15-25-30(29(27)36)38-33(42-17-23(18-42)41(3)4)31-32(25)44(40-39-31)22-11-14-43(21(16-22)10-13-37)26(45)9-6-12-35/h5-9,15,21-23H,10-12,14,16-18H2,1-4H3/b9-6+/t21-,22+/m1/s1. The van der Waals surface area contributed by atoms with E-state index in [0.29, 0.717) is 82.5 Å². The van der Waals surface area contributed by atoms with Crippen LogP contribution in [-0.2, 0) is 4.79 Å². The molecular formula is C33H35ClF2N8O. The summed E-state index contributed by atoms with van der Waals surface area (Å²) in [5.41, 5.74) is 4.04. The number of amides is 1. The van der Waals surface area contributed by atoms with Crippen LogP contribution >= 0.6 is 11.6 Å². The predicted molar refractivity (Wildman–Crippen MR) is 172 cm³/mol. The minimum Gasteiger partial charge on any atom is -0.351 e. The summed E-state index contributed by atoms with van der Waals surface area (Å²) in [6, 6.07) is 9.44. The molecule has 4 aromatic rings. The Morgan fingerprint density at radius 2 is 2.00 bits per heavy atom. The fourth-order valence-corrected chi connectivity index (χ4v) is 6.82. The number of anilines is 1. The second kappa shape index (κ2) is 12.3. The first-order valence-corrected chi connectivity index (χ1v) is 15.5. The highest BCUT2D eigenvalue weighted by Crippen LogP contribution is 2.42. The molecule has 2 atom stereocenters. The molecule has 2 aliphatic heterocycles. The molecule has 0 aliphatic carbocycles. The van der Waals surface area contributed by atoms with Crippen molar-refractivity contribution < 1.29 is 13.6 Å². The van der Waals surface area contributed by atoms with Crippen LogP contribution in [-0.4, -0.2) is 88.2 Å². The molecule has 12 heteroatoms. The molecule has 0 unspecified atom stereocenters. The highest BCUT2D eigenvalue weighted by atomic mass is 35.5. The van der Waals surface area contributed by atoms with Gasteiger partial charge in [0, 0.05) is 54.3 Å². The average molecular weight is 633 g/mol. The maximum Gasteiger partial charge on any atom is 0.246 e. The number of aromatic nitrogens is 4. The number of hydrogen-bond acceptors (Lipinski definition) is 7. The normalized spacial score (nSPS) is 19.2. The molecule has 2 aromatic heterocycles. The van der Waals surface area contributed by atoms with Gasteiger partial charge in [-0.1, -0.05) is 35.0 Å². The number of piperidine rings is 1. The van der Waals surface area contributed by atoms with E-state index >= 15 is 4.39 Å². The van der Waals surface area contributed by atoms with Gasteiger partial charge in [0.1, 0.15) is 17.7 Å². The van der Waals surface area contributed by atoms with Crippen molar-refractivity contribution in [1.29, 1.82) is 5.26 Å². The monoisotopic (exact) mass is 632 g/mol. The van der Waals surface area contributed by atoms with E-state index in [0.717, 1.165) is 5.56 Å². The Balaban J connectivity index is 1.51. The van der Waals surface area contributed by atoms with Crippen molar-refractivity contribution in [2.75, 3.05) is 45.3 Å². The first kappa shape index (κ1) is 30.9. The lowest BCUT2D eigenvalue weighted by Crippen LogP contribution is -2.57. The SMILES string of the molecule is Cc1cccc(-c2c(C)cc3c(nc(N4CC(N(C)C)C4)c4nnn([C@H]5CCN(C(=O)/C=C/CF)[C@H](CC#N)C5)c43)c2F)c1Cl. The Bertz CT molecular complexity index is 1860. The second-order valence-electron chi connectivity index (χ2n) is 12.2. The molecular weight excluding hydrogens is 598 g/mol. The van der Waals surface area contributed by atoms with Crippen molar-refractivity contribution in [3.63, 3.8) is 0 Å². The van der Waals surface area contributed by atoms with Gasteiger partial charge in [-0.3, -0.25) is 4.79 Å². The molecule has 9 nitrogen and oxygen atoms in total. The van der Waals surface area contributed by atoms with Crippen LogP contribution in [0.5, 0.6) is 0 Å². The van der Waals surface area contributed by atoms with Gasteiger partial charge in [-0.25, -0.2) is 18.4 Å². The summed E-state index contributed by atoms with van der Waals surface area (Å²) >= 11 is 6.69. The van der Waals surface area contributed by atoms with Gasteiger partial charge in [-0.15, -0.1) is 5.10 Å². The van der Waals surface area contributed by atoms with E-state index < -0.39 is 12.5 Å². The Labute approximate surface area is 265 Å². The van der Waals surface area contributed by atoms with Crippen LogP contribution in [0, 0.1) is 31.0 Å². The van der Waals surface area contributed by atoms with Gasteiger partial charge in [0.2, 0.25) is 5.91 Å². The van der Waals surface area contributed by atoms with E-state index in [1.165, 1.54) is 12.2 Å². The largest absolute Gasteiger partial charge is 0.351 e. The molecule has 234 valence electrons. The van der Waals surface area contributed by atoms with Gasteiger partial charge in [0.15, 0.2) is 17.2 Å². The summed E-state index contributed by atoms with van der Waals surface area (Å²) in [7, 11) is 4.06. The summed E-state index contributed by atoms with van der Waals surface area (Å²) in [6.07, 6.45) is 3.51. The maximum absolute atomic E-state index is 16.8. The number of hydrogen-bond donors (Lipinski definition) is 0. The minimum atomic E-state index is -0.737. The van der Waals surface area contributed by atoms with Gasteiger partial charge in [-0.2, -0.15) is 5.26 Å². The van der Waals surface area contributed by atoms with Crippen LogP contribution in [0.3, 0.4) is 0 Å². The summed E-state index contributed by atoms with van der Waals surface area (Å²) in [6.45, 7) is 4.82. The number of alkyl halides is 1. The number of halogens is 3. The average Bonchev–Trinajstić information content (AvgIpc) is 3.43. The molecule has 45 heavy (non-hydrogen) atoms. The summed E-state index contributed by atoms with van der Waals surface area (Å²) in [5, 5.41) is 19.9. The highest BCUT2D eigenvalue weighted by molar-refractivity contribution is 6.34. The number of benzene rings is 2. The molecule has 2 aliphatic rings. The minimum absolute atomic E-state index is 0.125. The summed E-state index contributed by atoms with van der Waals surface area (Å²) in [5.74, 6) is -0.205. The third-order valence-electron chi connectivity index (χ3n) is 9.16. The first-order chi connectivity index (χ1) is 21.6. The predicted octanol–water partition coefficient (Wildman–Crippen LogP) is 5.78. The molecule has 4 heterocycles. The molecule has 0 spiro atoms. The van der Waals surface area contributed by atoms with Crippen molar-refractivity contribution in [3.8, 4) is 17.2 Å². The van der Waals surface area contributed by atoms with Crippen molar-refractivity contribution in [3.05, 3.63) is 58.4 Å². The summed E-state index contributed by atoms with van der Waals surface area (Å²) in [4.78, 5) is 23.6. The number of likely N-dealkylation sites (N-methyl/N-ethyl adjacent to an activating group) is 1. The van der Waals surface area contributed by atoms with E-state index in [1.807, 2.05) is 56.9 Å². The van der Waals surface area contributed by atoms with Crippen LogP contribution in [0.1, 0.15) is 36.4 Å². The van der Waals surface area contributed by atoms with E-state index in [-0.39, 0.29) is 29.9 Å². The lowest BCUT2D eigenvalue weighted by molar-refractivity contribution is -0.130. The van der Waals surface area contributed by atoms with Crippen LogP contribution in [0.15, 0.2) is 36.4 Å². The lowest BCUT2D eigenvalue weighted by Gasteiger charge is -2.43. The van der Waals surface area contributed by atoms with Gasteiger partial charge < -0.3 is 14.7 Å². The topological polar surface area (TPSA) is 94.2 Å². The molecule has 6 rings (SSSR count). The molecule has 2 saturated heterocycles. The fraction of sp³-hybridized carbons (Fsp3) is 0.424. The molecule has 0 N–H and O–H groups in total. The number of aryl methyl sites for hydroxylation is 2. The van der Waals surface area contributed by atoms with Crippen molar-refractivity contribution in [2.24, 2.45) is 0 Å². The van der Waals surface area contributed by atoms with Crippen molar-refractivity contribution in [2.45, 2.75) is 51.2 Å². The van der Waals surface area contributed by atoms with Gasteiger partial charge >= 0.3 is 0 Å². The Kier molecular flexibility index (Phi) is 8.46. The van der Waals surface area contributed by atoms with Crippen molar-refractivity contribution in [1.82, 2.24) is 29.8 Å². The Morgan fingerprint density at radius 3 is 2.71 bits per heavy atom. The number of nitriles is 1. The Hall–Kier alpha value is -4.14. The molecule has 0 bridgehead atoms. The van der Waals surface area contributed by atoms with Crippen LogP contribution in [0.25, 0.3) is 33.1 Å². The second-order valence-corrected chi connectivity index (χ2v) is 12.6.